The number of nitrogens with one attached hydrogen (secondary N) is 1. The third-order valence-electron chi connectivity index (χ3n) is 4.30. The van der Waals surface area contributed by atoms with Gasteiger partial charge in [0.25, 0.3) is 0 Å². The van der Waals surface area contributed by atoms with Crippen LogP contribution in [-0.2, 0) is 0 Å². The van der Waals surface area contributed by atoms with Gasteiger partial charge in [0, 0.05) is 5.54 Å². The summed E-state index contributed by atoms with van der Waals surface area (Å²) in [5.41, 5.74) is 3.40. The molecule has 0 saturated heterocycles. The van der Waals surface area contributed by atoms with E-state index in [1.807, 2.05) is 0 Å². The van der Waals surface area contributed by atoms with E-state index < -0.39 is 0 Å². The molecule has 0 aromatic rings. The molecule has 1 heteroatoms. The Labute approximate surface area is 107 Å². The van der Waals surface area contributed by atoms with Crippen molar-refractivity contribution >= 4 is 0 Å². The van der Waals surface area contributed by atoms with E-state index in [1.54, 1.807) is 5.57 Å². The molecule has 0 aromatic heterocycles. The van der Waals surface area contributed by atoms with Crippen LogP contribution in [0.2, 0.25) is 0 Å². The van der Waals surface area contributed by atoms with E-state index in [9.17, 15) is 0 Å². The quantitative estimate of drug-likeness (QED) is 0.710. The predicted molar refractivity (Wildman–Crippen MR) is 77.2 cm³/mol. The normalized spacial score (nSPS) is 30.2. The molecule has 1 aliphatic rings. The number of hydrogen-bond donors (Lipinski definition) is 1. The van der Waals surface area contributed by atoms with Crippen LogP contribution in [0.25, 0.3) is 0 Å². The fraction of sp³-hybridized carbons (Fsp3) is 0.750. The Morgan fingerprint density at radius 2 is 1.76 bits per heavy atom. The molecule has 0 aromatic carbocycles. The molecule has 0 spiro atoms. The lowest BCUT2D eigenvalue weighted by molar-refractivity contribution is 0.234. The van der Waals surface area contributed by atoms with Gasteiger partial charge in [-0.2, -0.15) is 0 Å². The van der Waals surface area contributed by atoms with Gasteiger partial charge in [-0.05, 0) is 72.8 Å². The van der Waals surface area contributed by atoms with E-state index in [2.05, 4.69) is 52.2 Å². The Morgan fingerprint density at radius 1 is 1.18 bits per heavy atom. The van der Waals surface area contributed by atoms with Crippen molar-refractivity contribution in [2.75, 3.05) is 7.05 Å². The van der Waals surface area contributed by atoms with Crippen LogP contribution in [0.4, 0.5) is 0 Å². The average Bonchev–Trinajstić information content (AvgIpc) is 2.29. The minimum atomic E-state index is 0.386. The molecular formula is C16H29N. The highest BCUT2D eigenvalue weighted by molar-refractivity contribution is 5.10. The molecule has 1 rings (SSSR count). The molecule has 1 N–H and O–H groups in total. The lowest BCUT2D eigenvalue weighted by Gasteiger charge is -2.37. The van der Waals surface area contributed by atoms with Gasteiger partial charge in [0.05, 0.1) is 0 Å². The Kier molecular flexibility index (Phi) is 5.45. The van der Waals surface area contributed by atoms with Crippen LogP contribution in [-0.4, -0.2) is 12.6 Å². The molecular weight excluding hydrogens is 206 g/mol. The second kappa shape index (κ2) is 6.39. The van der Waals surface area contributed by atoms with Crippen molar-refractivity contribution < 1.29 is 0 Å². The number of rotatable bonds is 4. The molecule has 98 valence electrons. The summed E-state index contributed by atoms with van der Waals surface area (Å²) in [6, 6.07) is 0. The summed E-state index contributed by atoms with van der Waals surface area (Å²) in [4.78, 5) is 0. The van der Waals surface area contributed by atoms with Gasteiger partial charge in [0.2, 0.25) is 0 Å². The minimum Gasteiger partial charge on any atom is -0.315 e. The lowest BCUT2D eigenvalue weighted by Crippen LogP contribution is -2.43. The fourth-order valence-electron chi connectivity index (χ4n) is 2.61. The highest BCUT2D eigenvalue weighted by Gasteiger charge is 2.29. The maximum Gasteiger partial charge on any atom is 0.0150 e. The largest absolute Gasteiger partial charge is 0.315 e. The standard InChI is InChI=1S/C16H29N/c1-13(2)7-6-8-14(3)15-9-11-16(4,17-5)12-10-15/h7-8,15,17H,6,9-12H2,1-5H3/b14-8+. The molecule has 0 unspecified atom stereocenters. The van der Waals surface area contributed by atoms with Gasteiger partial charge in [-0.3, -0.25) is 0 Å². The summed E-state index contributed by atoms with van der Waals surface area (Å²) in [5, 5.41) is 3.47. The molecule has 17 heavy (non-hydrogen) atoms. The second-order valence-electron chi connectivity index (χ2n) is 6.05. The van der Waals surface area contributed by atoms with Gasteiger partial charge in [-0.1, -0.05) is 23.3 Å². The third kappa shape index (κ3) is 4.67. The summed E-state index contributed by atoms with van der Waals surface area (Å²) < 4.78 is 0. The van der Waals surface area contributed by atoms with E-state index in [0.717, 1.165) is 12.3 Å². The third-order valence-corrected chi connectivity index (χ3v) is 4.30. The van der Waals surface area contributed by atoms with Crippen molar-refractivity contribution in [2.24, 2.45) is 5.92 Å². The van der Waals surface area contributed by atoms with Crippen molar-refractivity contribution in [3.8, 4) is 0 Å². The molecule has 0 heterocycles. The Bertz CT molecular complexity index is 287. The van der Waals surface area contributed by atoms with Crippen LogP contribution in [0.1, 0.15) is 59.8 Å². The van der Waals surface area contributed by atoms with Crippen LogP contribution in [0.15, 0.2) is 23.3 Å². The summed E-state index contributed by atoms with van der Waals surface area (Å²) >= 11 is 0. The fourth-order valence-corrected chi connectivity index (χ4v) is 2.61. The zero-order chi connectivity index (χ0) is 12.9. The molecule has 0 bridgehead atoms. The predicted octanol–water partition coefficient (Wildman–Crippen LogP) is 4.46. The summed E-state index contributed by atoms with van der Waals surface area (Å²) in [7, 11) is 2.10. The summed E-state index contributed by atoms with van der Waals surface area (Å²) in [6.45, 7) is 9.00. The molecule has 1 saturated carbocycles. The van der Waals surface area contributed by atoms with Crippen LogP contribution >= 0.6 is 0 Å². The summed E-state index contributed by atoms with van der Waals surface area (Å²) in [5.74, 6) is 0.821. The van der Waals surface area contributed by atoms with Crippen molar-refractivity contribution in [3.63, 3.8) is 0 Å². The van der Waals surface area contributed by atoms with E-state index >= 15 is 0 Å². The molecule has 1 fully saturated rings. The van der Waals surface area contributed by atoms with Crippen LogP contribution < -0.4 is 5.32 Å². The monoisotopic (exact) mass is 235 g/mol. The Hall–Kier alpha value is -0.560. The van der Waals surface area contributed by atoms with E-state index in [0.29, 0.717) is 5.54 Å². The SMILES string of the molecule is CNC1(C)CCC(/C(C)=C/CC=C(C)C)CC1. The Balaban J connectivity index is 2.45. The van der Waals surface area contributed by atoms with Gasteiger partial charge in [0.1, 0.15) is 0 Å². The molecule has 0 aliphatic heterocycles. The van der Waals surface area contributed by atoms with Crippen LogP contribution in [0.5, 0.6) is 0 Å². The van der Waals surface area contributed by atoms with E-state index in [4.69, 9.17) is 0 Å². The molecule has 0 atom stereocenters. The van der Waals surface area contributed by atoms with E-state index in [1.165, 1.54) is 31.3 Å². The average molecular weight is 235 g/mol. The molecule has 0 amide bonds. The number of hydrogen-bond acceptors (Lipinski definition) is 1. The highest BCUT2D eigenvalue weighted by atomic mass is 14.9. The van der Waals surface area contributed by atoms with Gasteiger partial charge < -0.3 is 5.32 Å². The lowest BCUT2D eigenvalue weighted by atomic mass is 9.75. The van der Waals surface area contributed by atoms with Gasteiger partial charge in [0.15, 0.2) is 0 Å². The minimum absolute atomic E-state index is 0.386. The maximum atomic E-state index is 3.47. The van der Waals surface area contributed by atoms with E-state index in [-0.39, 0.29) is 0 Å². The first-order valence-corrected chi connectivity index (χ1v) is 6.96. The van der Waals surface area contributed by atoms with Gasteiger partial charge in [-0.25, -0.2) is 0 Å². The van der Waals surface area contributed by atoms with Crippen molar-refractivity contribution in [1.29, 1.82) is 0 Å². The van der Waals surface area contributed by atoms with Crippen molar-refractivity contribution in [1.82, 2.24) is 5.32 Å². The molecule has 1 nitrogen and oxygen atoms in total. The zero-order valence-electron chi connectivity index (χ0n) is 12.3. The topological polar surface area (TPSA) is 12.0 Å². The van der Waals surface area contributed by atoms with Crippen molar-refractivity contribution in [3.05, 3.63) is 23.3 Å². The Morgan fingerprint density at radius 3 is 2.24 bits per heavy atom. The molecule has 1 aliphatic carbocycles. The first-order chi connectivity index (χ1) is 7.97. The highest BCUT2D eigenvalue weighted by Crippen LogP contribution is 2.35. The summed E-state index contributed by atoms with van der Waals surface area (Å²) in [6.07, 6.45) is 11.1. The van der Waals surface area contributed by atoms with Gasteiger partial charge >= 0.3 is 0 Å². The zero-order valence-corrected chi connectivity index (χ0v) is 12.3. The molecule has 0 radical (unpaired) electrons. The van der Waals surface area contributed by atoms with Crippen LogP contribution in [0, 0.1) is 5.92 Å². The van der Waals surface area contributed by atoms with Gasteiger partial charge in [-0.15, -0.1) is 0 Å². The first kappa shape index (κ1) is 14.5. The first-order valence-electron chi connectivity index (χ1n) is 6.96. The smallest absolute Gasteiger partial charge is 0.0150 e. The van der Waals surface area contributed by atoms with Crippen molar-refractivity contribution in [2.45, 2.75) is 65.3 Å². The number of allylic oxidation sites excluding steroid dienone is 4. The maximum absolute atomic E-state index is 3.47. The van der Waals surface area contributed by atoms with Crippen LogP contribution in [0.3, 0.4) is 0 Å². The second-order valence-corrected chi connectivity index (χ2v) is 6.05.